The molecule has 218 valence electrons. The number of phenolic OH excluding ortho intramolecular Hbond substituents is 1. The second kappa shape index (κ2) is 12.6. The molecule has 2 atom stereocenters. The zero-order chi connectivity index (χ0) is 28.9. The Labute approximate surface area is 243 Å². The van der Waals surface area contributed by atoms with Gasteiger partial charge in [0.25, 0.3) is 0 Å². The van der Waals surface area contributed by atoms with Crippen LogP contribution in [0.3, 0.4) is 0 Å². The zero-order valence-electron chi connectivity index (χ0n) is 23.3. The van der Waals surface area contributed by atoms with E-state index in [4.69, 9.17) is 9.47 Å². The summed E-state index contributed by atoms with van der Waals surface area (Å²) in [6.07, 6.45) is 8.21. The number of aromatic nitrogens is 4. The summed E-state index contributed by atoms with van der Waals surface area (Å²) in [6.45, 7) is 0.805. The fourth-order valence-electron chi connectivity index (χ4n) is 5.25. The van der Waals surface area contributed by atoms with Gasteiger partial charge in [-0.15, -0.1) is 0 Å². The molecule has 1 saturated heterocycles. The highest BCUT2D eigenvalue weighted by atomic mass is 16.5. The summed E-state index contributed by atoms with van der Waals surface area (Å²) < 4.78 is 13.5. The summed E-state index contributed by atoms with van der Waals surface area (Å²) in [6, 6.07) is 15.2. The molecule has 42 heavy (non-hydrogen) atoms. The first-order valence-electron chi connectivity index (χ1n) is 14.4. The Balaban J connectivity index is 1.19. The Bertz CT molecular complexity index is 1520. The molecule has 1 amide bonds. The van der Waals surface area contributed by atoms with Crippen LogP contribution in [0.2, 0.25) is 0 Å². The summed E-state index contributed by atoms with van der Waals surface area (Å²) in [5.41, 5.74) is 2.93. The van der Waals surface area contributed by atoms with Crippen molar-refractivity contribution < 1.29 is 24.2 Å². The molecule has 6 rings (SSSR count). The number of nitrogens with one attached hydrogen (secondary N) is 1. The first-order chi connectivity index (χ1) is 20.5. The van der Waals surface area contributed by atoms with Crippen LogP contribution in [0.5, 0.6) is 5.75 Å². The summed E-state index contributed by atoms with van der Waals surface area (Å²) >= 11 is 0. The number of ether oxygens (including phenoxy) is 2. The van der Waals surface area contributed by atoms with E-state index in [0.29, 0.717) is 23.6 Å². The van der Waals surface area contributed by atoms with Crippen molar-refractivity contribution >= 4 is 28.9 Å². The Hall–Kier alpha value is -4.51. The predicted molar refractivity (Wildman–Crippen MR) is 155 cm³/mol. The minimum atomic E-state index is -0.917. The van der Waals surface area contributed by atoms with E-state index >= 15 is 0 Å². The Morgan fingerprint density at radius 2 is 1.83 bits per heavy atom. The number of anilines is 1. The Morgan fingerprint density at radius 1 is 1.02 bits per heavy atom. The van der Waals surface area contributed by atoms with E-state index in [9.17, 15) is 14.7 Å². The molecule has 2 aromatic heterocycles. The van der Waals surface area contributed by atoms with Gasteiger partial charge in [0.2, 0.25) is 5.91 Å². The molecule has 0 radical (unpaired) electrons. The number of carbonyl (C=O) groups is 2. The van der Waals surface area contributed by atoms with Crippen LogP contribution in [-0.4, -0.2) is 61.7 Å². The monoisotopic (exact) mass is 570 g/mol. The fraction of sp³-hybridized carbons (Fsp3) is 0.387. The van der Waals surface area contributed by atoms with Crippen LogP contribution in [0.4, 0.5) is 5.82 Å². The average Bonchev–Trinajstić information content (AvgIpc) is 3.78. The summed E-state index contributed by atoms with van der Waals surface area (Å²) in [4.78, 5) is 42.3. The van der Waals surface area contributed by atoms with Gasteiger partial charge in [0.05, 0.1) is 12.9 Å². The number of carbonyl (C=O) groups excluding carboxylic acids is 2. The fourth-order valence-corrected chi connectivity index (χ4v) is 5.25. The maximum Gasteiger partial charge on any atom is 0.329 e. The quantitative estimate of drug-likeness (QED) is 0.259. The van der Waals surface area contributed by atoms with E-state index in [2.05, 4.69) is 20.3 Å². The third-order valence-corrected chi connectivity index (χ3v) is 7.60. The summed E-state index contributed by atoms with van der Waals surface area (Å²) in [7, 11) is 0. The lowest BCUT2D eigenvalue weighted by atomic mass is 10.1. The number of amides is 1. The van der Waals surface area contributed by atoms with Crippen molar-refractivity contribution in [2.75, 3.05) is 18.1 Å². The van der Waals surface area contributed by atoms with E-state index in [0.717, 1.165) is 43.2 Å². The van der Waals surface area contributed by atoms with Gasteiger partial charge in [-0.05, 0) is 55.4 Å². The molecule has 11 nitrogen and oxygen atoms in total. The van der Waals surface area contributed by atoms with Gasteiger partial charge in [0, 0.05) is 19.1 Å². The van der Waals surface area contributed by atoms with Crippen molar-refractivity contribution in [2.45, 2.75) is 63.4 Å². The first-order valence-corrected chi connectivity index (χ1v) is 14.4. The molecule has 1 saturated carbocycles. The molecule has 11 heteroatoms. The number of hydrogen-bond acceptors (Lipinski definition) is 9. The number of fused-ring (bicyclic) bond motifs is 1. The number of rotatable bonds is 11. The third-order valence-electron chi connectivity index (χ3n) is 7.60. The first kappa shape index (κ1) is 27.6. The van der Waals surface area contributed by atoms with Gasteiger partial charge in [-0.25, -0.2) is 19.7 Å². The number of esters is 1. The molecule has 0 spiro atoms. The van der Waals surface area contributed by atoms with Crippen molar-refractivity contribution in [1.82, 2.24) is 24.8 Å². The lowest BCUT2D eigenvalue weighted by Crippen LogP contribution is -2.48. The van der Waals surface area contributed by atoms with Crippen LogP contribution in [-0.2, 0) is 32.1 Å². The third kappa shape index (κ3) is 6.52. The number of phenols is 1. The lowest BCUT2D eigenvalue weighted by Gasteiger charge is -2.25. The lowest BCUT2D eigenvalue weighted by molar-refractivity contribution is -0.149. The standard InChI is InChI=1S/C31H34N6O5/c38-24-13-9-21(10-14-24)16-25(31(40)42-18-22-6-2-1-3-7-22)35-26(39)17-36(23-11-12-23)29-28-30(33-19-32-29)37(20-34-28)27-8-4-5-15-41-27/h1-3,6-7,9-10,13-14,19-20,23,25,27,38H,4-5,8,11-12,15-18H2,(H,35,39)/t25-,27?/m0/s1. The number of nitrogens with zero attached hydrogens (tertiary/aromatic N) is 5. The summed E-state index contributed by atoms with van der Waals surface area (Å²) in [5.74, 6) is -0.147. The van der Waals surface area contributed by atoms with Gasteiger partial charge in [-0.1, -0.05) is 42.5 Å². The molecule has 1 aliphatic heterocycles. The topological polar surface area (TPSA) is 132 Å². The molecule has 2 fully saturated rings. The second-order valence-electron chi connectivity index (χ2n) is 10.8. The van der Waals surface area contributed by atoms with Crippen LogP contribution < -0.4 is 10.2 Å². The van der Waals surface area contributed by atoms with Crippen molar-refractivity contribution in [3.63, 3.8) is 0 Å². The van der Waals surface area contributed by atoms with Crippen LogP contribution >= 0.6 is 0 Å². The van der Waals surface area contributed by atoms with Crippen LogP contribution in [0, 0.1) is 0 Å². The Morgan fingerprint density at radius 3 is 2.57 bits per heavy atom. The molecular weight excluding hydrogens is 536 g/mol. The molecule has 4 aromatic rings. The van der Waals surface area contributed by atoms with Gasteiger partial charge >= 0.3 is 5.97 Å². The van der Waals surface area contributed by atoms with Crippen molar-refractivity contribution in [3.8, 4) is 5.75 Å². The minimum Gasteiger partial charge on any atom is -0.508 e. The maximum absolute atomic E-state index is 13.5. The molecule has 2 aliphatic rings. The van der Waals surface area contributed by atoms with Crippen LogP contribution in [0.25, 0.3) is 11.2 Å². The van der Waals surface area contributed by atoms with Crippen molar-refractivity contribution in [1.29, 1.82) is 0 Å². The zero-order valence-corrected chi connectivity index (χ0v) is 23.3. The number of benzene rings is 2. The van der Waals surface area contributed by atoms with Crippen LogP contribution in [0.15, 0.2) is 67.3 Å². The van der Waals surface area contributed by atoms with Crippen molar-refractivity contribution in [2.24, 2.45) is 0 Å². The van der Waals surface area contributed by atoms with Gasteiger partial charge in [-0.3, -0.25) is 9.36 Å². The average molecular weight is 571 g/mol. The van der Waals surface area contributed by atoms with Gasteiger partial charge < -0.3 is 24.8 Å². The normalized spacial score (nSPS) is 17.5. The molecular formula is C31H34N6O5. The molecule has 2 aromatic carbocycles. The van der Waals surface area contributed by atoms with Gasteiger partial charge in [-0.2, -0.15) is 0 Å². The highest BCUT2D eigenvalue weighted by molar-refractivity contribution is 5.90. The molecule has 3 heterocycles. The van der Waals surface area contributed by atoms with E-state index in [1.165, 1.54) is 6.33 Å². The Kier molecular flexibility index (Phi) is 8.27. The number of imidazole rings is 1. The van der Waals surface area contributed by atoms with E-state index in [1.54, 1.807) is 30.6 Å². The van der Waals surface area contributed by atoms with Crippen LogP contribution in [0.1, 0.15) is 49.5 Å². The van der Waals surface area contributed by atoms with Gasteiger partial charge in [0.1, 0.15) is 31.0 Å². The van der Waals surface area contributed by atoms with E-state index in [1.807, 2.05) is 39.8 Å². The number of hydrogen-bond donors (Lipinski definition) is 2. The molecule has 1 aliphatic carbocycles. The number of aromatic hydroxyl groups is 1. The molecule has 0 bridgehead atoms. The largest absolute Gasteiger partial charge is 0.508 e. The SMILES string of the molecule is O=C(CN(c1ncnc2c1ncn2C1CCCCO1)C1CC1)N[C@@H](Cc1ccc(O)cc1)C(=O)OCc1ccccc1. The molecule has 1 unspecified atom stereocenters. The molecule has 2 N–H and O–H groups in total. The summed E-state index contributed by atoms with van der Waals surface area (Å²) in [5, 5.41) is 12.6. The highest BCUT2D eigenvalue weighted by Gasteiger charge is 2.34. The van der Waals surface area contributed by atoms with E-state index in [-0.39, 0.29) is 43.5 Å². The highest BCUT2D eigenvalue weighted by Crippen LogP contribution is 2.34. The predicted octanol–water partition coefficient (Wildman–Crippen LogP) is 3.67. The second-order valence-corrected chi connectivity index (χ2v) is 10.8. The van der Waals surface area contributed by atoms with Gasteiger partial charge in [0.15, 0.2) is 17.0 Å². The van der Waals surface area contributed by atoms with E-state index < -0.39 is 12.0 Å². The smallest absolute Gasteiger partial charge is 0.329 e. The maximum atomic E-state index is 13.5. The minimum absolute atomic E-state index is 0.00160. The van der Waals surface area contributed by atoms with Crippen molar-refractivity contribution in [3.05, 3.63) is 78.4 Å².